The van der Waals surface area contributed by atoms with E-state index in [0.717, 1.165) is 6.54 Å². The third-order valence-electron chi connectivity index (χ3n) is 1.94. The van der Waals surface area contributed by atoms with Crippen LogP contribution in [0.3, 0.4) is 0 Å². The lowest BCUT2D eigenvalue weighted by Crippen LogP contribution is -2.84. The first kappa shape index (κ1) is 5.86. The van der Waals surface area contributed by atoms with Gasteiger partial charge in [-0.25, -0.2) is 0 Å². The number of nitrogens with two attached hydrogens (primary N) is 1. The highest BCUT2D eigenvalue weighted by molar-refractivity contribution is 5.19. The molecule has 0 saturated carbocycles. The minimum atomic E-state index is 1.07. The number of pyridine rings is 1. The fourth-order valence-electron chi connectivity index (χ4n) is 1.38. The number of rotatable bonds is 0. The van der Waals surface area contributed by atoms with E-state index in [1.807, 2.05) is 12.3 Å². The maximum Gasteiger partial charge on any atom is 0.119 e. The molecule has 1 aliphatic rings. The molecular weight excluding hydrogens is 124 g/mol. The maximum atomic E-state index is 4.29. The van der Waals surface area contributed by atoms with Crippen LogP contribution in [0.5, 0.6) is 0 Å². The Morgan fingerprint density at radius 2 is 2.50 bits per heavy atom. The van der Waals surface area contributed by atoms with Gasteiger partial charge in [0.1, 0.15) is 6.54 Å². The number of quaternary nitrogens is 1. The molecule has 0 spiro atoms. The zero-order valence-electron chi connectivity index (χ0n) is 5.88. The minimum absolute atomic E-state index is 1.07. The van der Waals surface area contributed by atoms with Crippen LogP contribution in [0, 0.1) is 0 Å². The van der Waals surface area contributed by atoms with Crippen molar-refractivity contribution in [1.82, 2.24) is 4.98 Å². The van der Waals surface area contributed by atoms with Gasteiger partial charge in [0.05, 0.1) is 12.2 Å². The summed E-state index contributed by atoms with van der Waals surface area (Å²) in [7, 11) is 0. The van der Waals surface area contributed by atoms with Crippen LogP contribution in [0.15, 0.2) is 18.3 Å². The molecule has 2 rings (SSSR count). The van der Waals surface area contributed by atoms with Crippen LogP contribution >= 0.6 is 0 Å². The van der Waals surface area contributed by atoms with Gasteiger partial charge >= 0.3 is 0 Å². The van der Waals surface area contributed by atoms with Gasteiger partial charge in [0, 0.05) is 12.6 Å². The lowest BCUT2D eigenvalue weighted by Gasteiger charge is -2.11. The van der Waals surface area contributed by atoms with Gasteiger partial charge in [-0.15, -0.1) is 0 Å². The molecule has 52 valence electrons. The van der Waals surface area contributed by atoms with Crippen molar-refractivity contribution in [3.05, 3.63) is 29.6 Å². The summed E-state index contributed by atoms with van der Waals surface area (Å²) in [5.74, 6) is 0. The maximum absolute atomic E-state index is 4.29. The number of nitrogens with zero attached hydrogens (tertiary/aromatic N) is 1. The molecule has 1 aromatic rings. The predicted octanol–water partition coefficient (Wildman–Crippen LogP) is -0.299. The lowest BCUT2D eigenvalue weighted by atomic mass is 10.1. The van der Waals surface area contributed by atoms with Crippen molar-refractivity contribution in [2.24, 2.45) is 0 Å². The molecule has 0 aliphatic carbocycles. The third kappa shape index (κ3) is 0.907. The van der Waals surface area contributed by atoms with Gasteiger partial charge < -0.3 is 5.32 Å². The average molecular weight is 135 g/mol. The fraction of sp³-hybridized carbons (Fsp3) is 0.375. The summed E-state index contributed by atoms with van der Waals surface area (Å²) >= 11 is 0. The van der Waals surface area contributed by atoms with E-state index in [0.29, 0.717) is 0 Å². The summed E-state index contributed by atoms with van der Waals surface area (Å²) < 4.78 is 0. The highest BCUT2D eigenvalue weighted by Crippen LogP contribution is 2.05. The van der Waals surface area contributed by atoms with Crippen molar-refractivity contribution in [3.8, 4) is 0 Å². The second kappa shape index (κ2) is 2.39. The Balaban J connectivity index is 2.41. The molecule has 0 amide bonds. The number of fused-ring (bicyclic) bond motifs is 1. The van der Waals surface area contributed by atoms with Gasteiger partial charge in [-0.2, -0.15) is 0 Å². The summed E-state index contributed by atoms with van der Waals surface area (Å²) in [5, 5.41) is 2.30. The summed E-state index contributed by atoms with van der Waals surface area (Å²) in [4.78, 5) is 4.29. The third-order valence-corrected chi connectivity index (χ3v) is 1.94. The summed E-state index contributed by atoms with van der Waals surface area (Å²) in [6, 6.07) is 4.19. The Morgan fingerprint density at radius 1 is 1.50 bits per heavy atom. The van der Waals surface area contributed by atoms with E-state index in [1.165, 1.54) is 24.2 Å². The minimum Gasteiger partial charge on any atom is -0.341 e. The van der Waals surface area contributed by atoms with Crippen LogP contribution in [0.25, 0.3) is 0 Å². The SMILES string of the molecule is c1cnc2c(c1)CC[NH2+]C2. The smallest absolute Gasteiger partial charge is 0.119 e. The number of hydrogen-bond donors (Lipinski definition) is 1. The normalized spacial score (nSPS) is 16.4. The van der Waals surface area contributed by atoms with E-state index in [-0.39, 0.29) is 0 Å². The van der Waals surface area contributed by atoms with E-state index >= 15 is 0 Å². The van der Waals surface area contributed by atoms with Crippen molar-refractivity contribution >= 4 is 0 Å². The van der Waals surface area contributed by atoms with Gasteiger partial charge in [0.2, 0.25) is 0 Å². The zero-order chi connectivity index (χ0) is 6.81. The topological polar surface area (TPSA) is 29.5 Å². The largest absolute Gasteiger partial charge is 0.341 e. The standard InChI is InChI=1S/C8H10N2/c1-2-7-3-5-9-6-8(7)10-4-1/h1-2,4,9H,3,5-6H2/p+1. The molecule has 1 aromatic heterocycles. The van der Waals surface area contributed by atoms with E-state index in [4.69, 9.17) is 0 Å². The second-order valence-corrected chi connectivity index (χ2v) is 2.64. The summed E-state index contributed by atoms with van der Waals surface area (Å²) in [6.07, 6.45) is 3.06. The zero-order valence-corrected chi connectivity index (χ0v) is 5.88. The van der Waals surface area contributed by atoms with Crippen molar-refractivity contribution in [1.29, 1.82) is 0 Å². The number of hydrogen-bond acceptors (Lipinski definition) is 1. The fourth-order valence-corrected chi connectivity index (χ4v) is 1.38. The molecule has 0 bridgehead atoms. The van der Waals surface area contributed by atoms with Crippen LogP contribution in [0.4, 0.5) is 0 Å². The molecule has 2 heterocycles. The van der Waals surface area contributed by atoms with E-state index in [9.17, 15) is 0 Å². The second-order valence-electron chi connectivity index (χ2n) is 2.64. The molecule has 1 aliphatic heterocycles. The first-order valence-electron chi connectivity index (χ1n) is 3.71. The van der Waals surface area contributed by atoms with E-state index < -0.39 is 0 Å². The summed E-state index contributed by atoms with van der Waals surface area (Å²) in [5.41, 5.74) is 2.71. The van der Waals surface area contributed by atoms with Gasteiger partial charge in [0.15, 0.2) is 0 Å². The van der Waals surface area contributed by atoms with Crippen molar-refractivity contribution in [2.45, 2.75) is 13.0 Å². The van der Waals surface area contributed by atoms with Gasteiger partial charge in [-0.05, 0) is 11.6 Å². The van der Waals surface area contributed by atoms with Gasteiger partial charge in [-0.3, -0.25) is 4.98 Å². The molecule has 0 radical (unpaired) electrons. The van der Waals surface area contributed by atoms with Crippen LogP contribution in [-0.4, -0.2) is 11.5 Å². The molecular formula is C8H11N2+. The highest BCUT2D eigenvalue weighted by Gasteiger charge is 2.09. The molecule has 0 saturated heterocycles. The molecule has 2 N–H and O–H groups in total. The van der Waals surface area contributed by atoms with E-state index in [1.54, 1.807) is 0 Å². The van der Waals surface area contributed by atoms with Crippen LogP contribution < -0.4 is 5.32 Å². The van der Waals surface area contributed by atoms with E-state index in [2.05, 4.69) is 16.4 Å². The Hall–Kier alpha value is -0.890. The first-order chi connectivity index (χ1) is 4.97. The molecule has 2 nitrogen and oxygen atoms in total. The first-order valence-corrected chi connectivity index (χ1v) is 3.71. The van der Waals surface area contributed by atoms with Crippen LogP contribution in [0.2, 0.25) is 0 Å². The quantitative estimate of drug-likeness (QED) is 0.520. The predicted molar refractivity (Wildman–Crippen MR) is 38.4 cm³/mol. The Bertz CT molecular complexity index is 207. The van der Waals surface area contributed by atoms with Crippen molar-refractivity contribution in [3.63, 3.8) is 0 Å². The van der Waals surface area contributed by atoms with Gasteiger partial charge in [0.25, 0.3) is 0 Å². The van der Waals surface area contributed by atoms with Crippen LogP contribution in [-0.2, 0) is 13.0 Å². The summed E-state index contributed by atoms with van der Waals surface area (Å²) in [6.45, 7) is 2.29. The van der Waals surface area contributed by atoms with Gasteiger partial charge in [-0.1, -0.05) is 6.07 Å². The molecule has 0 atom stereocenters. The number of aromatic nitrogens is 1. The molecule has 0 fully saturated rings. The monoisotopic (exact) mass is 135 g/mol. The molecule has 0 unspecified atom stereocenters. The molecule has 0 aromatic carbocycles. The Kier molecular flexibility index (Phi) is 1.40. The highest BCUT2D eigenvalue weighted by atomic mass is 14.9. The van der Waals surface area contributed by atoms with Crippen LogP contribution in [0.1, 0.15) is 11.3 Å². The Labute approximate surface area is 60.3 Å². The average Bonchev–Trinajstić information content (AvgIpc) is 2.05. The lowest BCUT2D eigenvalue weighted by molar-refractivity contribution is -0.674. The molecule has 10 heavy (non-hydrogen) atoms. The Morgan fingerprint density at radius 3 is 3.40 bits per heavy atom. The molecule has 2 heteroatoms. The van der Waals surface area contributed by atoms with Crippen molar-refractivity contribution < 1.29 is 5.32 Å². The van der Waals surface area contributed by atoms with Crippen molar-refractivity contribution in [2.75, 3.05) is 6.54 Å².